The van der Waals surface area contributed by atoms with Crippen LogP contribution in [0.3, 0.4) is 0 Å². The third-order valence-corrected chi connectivity index (χ3v) is 4.38. The van der Waals surface area contributed by atoms with Gasteiger partial charge in [0.25, 0.3) is 0 Å². The molecule has 0 aliphatic rings. The SMILES string of the molecule is CN(CCC(=O)NCCC(C)(C)OCCC(C)(C)C(=O)NN)C(=O)/C=C\C=O. The van der Waals surface area contributed by atoms with Crippen molar-refractivity contribution in [2.24, 2.45) is 11.3 Å². The number of hydrazine groups is 1. The molecule has 160 valence electrons. The Balaban J connectivity index is 4.14. The van der Waals surface area contributed by atoms with Crippen molar-refractivity contribution in [2.45, 2.75) is 52.6 Å². The van der Waals surface area contributed by atoms with Crippen molar-refractivity contribution in [3.05, 3.63) is 12.2 Å². The largest absolute Gasteiger partial charge is 0.375 e. The molecule has 0 bridgehead atoms. The van der Waals surface area contributed by atoms with Crippen molar-refractivity contribution in [2.75, 3.05) is 26.7 Å². The Morgan fingerprint density at radius 2 is 1.79 bits per heavy atom. The van der Waals surface area contributed by atoms with E-state index in [2.05, 4.69) is 10.7 Å². The average molecular weight is 399 g/mol. The second kappa shape index (κ2) is 12.2. The number of nitrogens with one attached hydrogen (secondary N) is 2. The fourth-order valence-electron chi connectivity index (χ4n) is 2.18. The quantitative estimate of drug-likeness (QED) is 0.134. The number of ether oxygens (including phenoxy) is 1. The van der Waals surface area contributed by atoms with Crippen molar-refractivity contribution in [3.8, 4) is 0 Å². The van der Waals surface area contributed by atoms with Crippen molar-refractivity contribution in [1.82, 2.24) is 15.6 Å². The highest BCUT2D eigenvalue weighted by molar-refractivity contribution is 5.91. The van der Waals surface area contributed by atoms with Crippen LogP contribution in [0.25, 0.3) is 0 Å². The maximum absolute atomic E-state index is 11.9. The minimum atomic E-state index is -0.622. The number of nitrogens with zero attached hydrogens (tertiary/aromatic N) is 1. The summed E-state index contributed by atoms with van der Waals surface area (Å²) in [6, 6.07) is 0. The predicted octanol–water partition coefficient (Wildman–Crippen LogP) is 0.298. The second-order valence-electron chi connectivity index (χ2n) is 7.82. The van der Waals surface area contributed by atoms with Gasteiger partial charge in [-0.05, 0) is 32.8 Å². The molecule has 28 heavy (non-hydrogen) atoms. The first-order valence-electron chi connectivity index (χ1n) is 9.24. The highest BCUT2D eigenvalue weighted by Crippen LogP contribution is 2.22. The van der Waals surface area contributed by atoms with E-state index in [4.69, 9.17) is 10.6 Å². The van der Waals surface area contributed by atoms with Gasteiger partial charge in [0.05, 0.1) is 5.60 Å². The van der Waals surface area contributed by atoms with Crippen LogP contribution in [0.15, 0.2) is 12.2 Å². The molecule has 3 amide bonds. The number of hydrogen-bond donors (Lipinski definition) is 3. The van der Waals surface area contributed by atoms with Gasteiger partial charge in [-0.25, -0.2) is 5.84 Å². The van der Waals surface area contributed by atoms with Crippen molar-refractivity contribution in [3.63, 3.8) is 0 Å². The summed E-state index contributed by atoms with van der Waals surface area (Å²) in [6.45, 7) is 8.50. The monoisotopic (exact) mass is 398 g/mol. The van der Waals surface area contributed by atoms with Crippen LogP contribution in [0.1, 0.15) is 47.0 Å². The summed E-state index contributed by atoms with van der Waals surface area (Å²) in [5, 5.41) is 2.80. The first-order chi connectivity index (χ1) is 12.9. The van der Waals surface area contributed by atoms with Crippen molar-refractivity contribution >= 4 is 24.0 Å². The third kappa shape index (κ3) is 10.8. The van der Waals surface area contributed by atoms with Crippen LogP contribution in [-0.4, -0.2) is 61.3 Å². The predicted molar refractivity (Wildman–Crippen MR) is 106 cm³/mol. The first kappa shape index (κ1) is 25.7. The highest BCUT2D eigenvalue weighted by Gasteiger charge is 2.28. The number of likely N-dealkylation sites (N-methyl/N-ethyl adjacent to an activating group) is 1. The van der Waals surface area contributed by atoms with Gasteiger partial charge in [-0.1, -0.05) is 13.8 Å². The van der Waals surface area contributed by atoms with Crippen LogP contribution < -0.4 is 16.6 Å². The Hall–Kier alpha value is -2.26. The van der Waals surface area contributed by atoms with E-state index >= 15 is 0 Å². The summed E-state index contributed by atoms with van der Waals surface area (Å²) in [5.41, 5.74) is 1.07. The number of nitrogens with two attached hydrogens (primary N) is 1. The number of aldehydes is 1. The lowest BCUT2D eigenvalue weighted by Gasteiger charge is -2.28. The molecule has 0 aromatic rings. The number of rotatable bonds is 13. The zero-order valence-electron chi connectivity index (χ0n) is 17.5. The molecular weight excluding hydrogens is 364 g/mol. The van der Waals surface area contributed by atoms with Crippen LogP contribution in [0.5, 0.6) is 0 Å². The molecule has 0 spiro atoms. The summed E-state index contributed by atoms with van der Waals surface area (Å²) in [6.07, 6.45) is 4.08. The summed E-state index contributed by atoms with van der Waals surface area (Å²) in [4.78, 5) is 46.7. The van der Waals surface area contributed by atoms with Crippen molar-refractivity contribution in [1.29, 1.82) is 0 Å². The fourth-order valence-corrected chi connectivity index (χ4v) is 2.18. The lowest BCUT2D eigenvalue weighted by atomic mass is 9.89. The molecule has 0 saturated carbocycles. The molecule has 0 radical (unpaired) electrons. The molecular formula is C19H34N4O5. The zero-order chi connectivity index (χ0) is 21.8. The van der Waals surface area contributed by atoms with E-state index in [1.54, 1.807) is 20.9 Å². The molecule has 0 aromatic carbocycles. The Kier molecular flexibility index (Phi) is 11.3. The molecule has 0 aliphatic carbocycles. The summed E-state index contributed by atoms with van der Waals surface area (Å²) in [5.74, 6) is 4.42. The van der Waals surface area contributed by atoms with E-state index < -0.39 is 11.0 Å². The second-order valence-corrected chi connectivity index (χ2v) is 7.82. The van der Waals surface area contributed by atoms with Crippen molar-refractivity contribution < 1.29 is 23.9 Å². The van der Waals surface area contributed by atoms with Gasteiger partial charge < -0.3 is 15.0 Å². The Morgan fingerprint density at radius 1 is 1.14 bits per heavy atom. The minimum Gasteiger partial charge on any atom is -0.375 e. The molecule has 0 saturated heterocycles. The van der Waals surface area contributed by atoms with E-state index in [1.807, 2.05) is 13.8 Å². The molecule has 0 aromatic heterocycles. The molecule has 0 heterocycles. The summed E-state index contributed by atoms with van der Waals surface area (Å²) < 4.78 is 5.85. The Morgan fingerprint density at radius 3 is 2.36 bits per heavy atom. The molecule has 0 atom stereocenters. The van der Waals surface area contributed by atoms with Gasteiger partial charge in [0.1, 0.15) is 6.29 Å². The van der Waals surface area contributed by atoms with Crippen LogP contribution in [-0.2, 0) is 23.9 Å². The Labute approximate surface area is 167 Å². The van der Waals surface area contributed by atoms with E-state index in [9.17, 15) is 19.2 Å². The normalized spacial score (nSPS) is 11.9. The van der Waals surface area contributed by atoms with Gasteiger partial charge in [-0.3, -0.25) is 24.6 Å². The maximum atomic E-state index is 11.9. The fraction of sp³-hybridized carbons (Fsp3) is 0.684. The highest BCUT2D eigenvalue weighted by atomic mass is 16.5. The van der Waals surface area contributed by atoms with Gasteiger partial charge >= 0.3 is 0 Å². The number of hydrogen-bond acceptors (Lipinski definition) is 6. The minimum absolute atomic E-state index is 0.168. The van der Waals surface area contributed by atoms with Crippen LogP contribution >= 0.6 is 0 Å². The van der Waals surface area contributed by atoms with Gasteiger partial charge in [-0.15, -0.1) is 0 Å². The lowest BCUT2D eigenvalue weighted by Crippen LogP contribution is -2.42. The average Bonchev–Trinajstić information content (AvgIpc) is 2.62. The molecule has 4 N–H and O–H groups in total. The molecule has 9 heteroatoms. The first-order valence-corrected chi connectivity index (χ1v) is 9.24. The van der Waals surface area contributed by atoms with E-state index in [1.165, 1.54) is 4.90 Å². The van der Waals surface area contributed by atoms with Gasteiger partial charge in [0, 0.05) is 44.7 Å². The van der Waals surface area contributed by atoms with E-state index in [0.717, 1.165) is 12.2 Å². The van der Waals surface area contributed by atoms with Gasteiger partial charge in [0.15, 0.2) is 0 Å². The molecule has 9 nitrogen and oxygen atoms in total. The summed E-state index contributed by atoms with van der Waals surface area (Å²) >= 11 is 0. The topological polar surface area (TPSA) is 131 Å². The third-order valence-electron chi connectivity index (χ3n) is 4.38. The molecule has 0 aliphatic heterocycles. The zero-order valence-corrected chi connectivity index (χ0v) is 17.5. The lowest BCUT2D eigenvalue weighted by molar-refractivity contribution is -0.131. The Bertz CT molecular complexity index is 573. The standard InChI is InChI=1S/C19H34N4O5/c1-18(2,17(27)22-20)10-14-28-19(3,4)9-11-21-15(25)8-12-23(5)16(26)7-6-13-24/h6-7,13H,8-12,14,20H2,1-5H3,(H,21,25)(H,22,27)/b7-6-. The van der Waals surface area contributed by atoms with Crippen LogP contribution in [0.2, 0.25) is 0 Å². The number of carbonyl (C=O) groups is 4. The number of amides is 3. The molecule has 0 rings (SSSR count). The van der Waals surface area contributed by atoms with E-state index in [0.29, 0.717) is 32.3 Å². The van der Waals surface area contributed by atoms with Gasteiger partial charge in [-0.2, -0.15) is 0 Å². The number of allylic oxidation sites excluding steroid dienone is 1. The molecule has 0 fully saturated rings. The van der Waals surface area contributed by atoms with Gasteiger partial charge in [0.2, 0.25) is 17.7 Å². The van der Waals surface area contributed by atoms with E-state index in [-0.39, 0.29) is 30.7 Å². The summed E-state index contributed by atoms with van der Waals surface area (Å²) in [7, 11) is 1.56. The maximum Gasteiger partial charge on any atom is 0.246 e. The smallest absolute Gasteiger partial charge is 0.246 e. The van der Waals surface area contributed by atoms with Crippen LogP contribution in [0, 0.1) is 5.41 Å². The molecule has 0 unspecified atom stereocenters. The van der Waals surface area contributed by atoms with Crippen LogP contribution in [0.4, 0.5) is 0 Å². The number of carbonyl (C=O) groups excluding carboxylic acids is 4.